The topological polar surface area (TPSA) is 72.9 Å². The van der Waals surface area contributed by atoms with Gasteiger partial charge in [-0.2, -0.15) is 5.10 Å². The third-order valence-electron chi connectivity index (χ3n) is 3.72. The Kier molecular flexibility index (Phi) is 7.26. The van der Waals surface area contributed by atoms with E-state index in [0.29, 0.717) is 6.54 Å². The molecule has 2 rings (SSSR count). The fourth-order valence-corrected chi connectivity index (χ4v) is 2.16. The van der Waals surface area contributed by atoms with Crippen molar-refractivity contribution in [3.05, 3.63) is 53.9 Å². The molecule has 6 heteroatoms. The van der Waals surface area contributed by atoms with E-state index in [9.17, 15) is 4.79 Å². The number of amides is 1. The van der Waals surface area contributed by atoms with Crippen LogP contribution in [0.3, 0.4) is 0 Å². The van der Waals surface area contributed by atoms with Gasteiger partial charge in [0.25, 0.3) is 0 Å². The lowest BCUT2D eigenvalue weighted by atomic mass is 10.0. The smallest absolute Gasteiger partial charge is 0.237 e. The van der Waals surface area contributed by atoms with E-state index in [2.05, 4.69) is 22.5 Å². The number of aromatic nitrogens is 2. The zero-order chi connectivity index (χ0) is 16.1. The molecule has 126 valence electrons. The Morgan fingerprint density at radius 1 is 1.26 bits per heavy atom. The summed E-state index contributed by atoms with van der Waals surface area (Å²) < 4.78 is 1.87. The average molecular weight is 337 g/mol. The molecule has 0 saturated carbocycles. The van der Waals surface area contributed by atoms with E-state index < -0.39 is 6.04 Å². The molecule has 2 atom stereocenters. The molecule has 1 heterocycles. The van der Waals surface area contributed by atoms with Crippen LogP contribution in [-0.4, -0.2) is 21.7 Å². The molecule has 5 nitrogen and oxygen atoms in total. The van der Waals surface area contributed by atoms with Gasteiger partial charge in [-0.15, -0.1) is 12.4 Å². The van der Waals surface area contributed by atoms with Gasteiger partial charge in [-0.25, -0.2) is 0 Å². The van der Waals surface area contributed by atoms with Crippen LogP contribution < -0.4 is 11.1 Å². The first-order valence-electron chi connectivity index (χ1n) is 7.59. The number of halogens is 1. The number of nitrogens with one attached hydrogen (secondary N) is 1. The molecule has 0 aliphatic carbocycles. The van der Waals surface area contributed by atoms with Gasteiger partial charge in [-0.3, -0.25) is 9.48 Å². The van der Waals surface area contributed by atoms with Gasteiger partial charge >= 0.3 is 0 Å². The van der Waals surface area contributed by atoms with Gasteiger partial charge in [-0.05, 0) is 18.4 Å². The van der Waals surface area contributed by atoms with Crippen LogP contribution in [0.5, 0.6) is 0 Å². The lowest BCUT2D eigenvalue weighted by Gasteiger charge is -2.18. The van der Waals surface area contributed by atoms with Crippen molar-refractivity contribution in [3.63, 3.8) is 0 Å². The van der Waals surface area contributed by atoms with E-state index in [-0.39, 0.29) is 30.3 Å². The second kappa shape index (κ2) is 8.70. The molecule has 0 saturated heterocycles. The molecule has 1 aromatic carbocycles. The van der Waals surface area contributed by atoms with E-state index in [4.69, 9.17) is 5.73 Å². The standard InChI is InChI=1S/C17H24N4O.ClH/c1-12(2)16(18)17(22)20-13(3)15-9-19-21(11-15)10-14-7-5-4-6-8-14;/h4-9,11-13,16H,10,18H2,1-3H3,(H,20,22);1H/t13?,16-;/m0./s1. The highest BCUT2D eigenvalue weighted by Crippen LogP contribution is 2.13. The monoisotopic (exact) mass is 336 g/mol. The van der Waals surface area contributed by atoms with Crippen LogP contribution in [-0.2, 0) is 11.3 Å². The maximum Gasteiger partial charge on any atom is 0.237 e. The summed E-state index contributed by atoms with van der Waals surface area (Å²) in [5.41, 5.74) is 8.02. The first kappa shape index (κ1) is 19.2. The van der Waals surface area contributed by atoms with Crippen LogP contribution in [0.1, 0.15) is 37.9 Å². The molecule has 0 bridgehead atoms. The largest absolute Gasteiger partial charge is 0.348 e. The number of benzene rings is 1. The Bertz CT molecular complexity index is 612. The minimum Gasteiger partial charge on any atom is -0.348 e. The van der Waals surface area contributed by atoms with Crippen LogP contribution in [0.25, 0.3) is 0 Å². The summed E-state index contributed by atoms with van der Waals surface area (Å²) in [5.74, 6) is -0.00804. The third-order valence-corrected chi connectivity index (χ3v) is 3.72. The predicted molar refractivity (Wildman–Crippen MR) is 94.4 cm³/mol. The van der Waals surface area contributed by atoms with Gasteiger partial charge in [0.15, 0.2) is 0 Å². The molecule has 2 aromatic rings. The van der Waals surface area contributed by atoms with Crippen molar-refractivity contribution in [2.45, 2.75) is 39.4 Å². The van der Waals surface area contributed by atoms with Crippen LogP contribution >= 0.6 is 12.4 Å². The number of nitrogens with zero attached hydrogens (tertiary/aromatic N) is 2. The van der Waals surface area contributed by atoms with Gasteiger partial charge in [0.2, 0.25) is 5.91 Å². The molecular formula is C17H25ClN4O. The van der Waals surface area contributed by atoms with Gasteiger partial charge in [0.05, 0.1) is 24.8 Å². The fraction of sp³-hybridized carbons (Fsp3) is 0.412. The minimum atomic E-state index is -0.484. The van der Waals surface area contributed by atoms with Crippen LogP contribution in [0.15, 0.2) is 42.7 Å². The third kappa shape index (κ3) is 5.37. The molecule has 0 aliphatic rings. The average Bonchev–Trinajstić information content (AvgIpc) is 2.96. The van der Waals surface area contributed by atoms with Gasteiger partial charge < -0.3 is 11.1 Å². The Morgan fingerprint density at radius 3 is 2.52 bits per heavy atom. The van der Waals surface area contributed by atoms with Crippen molar-refractivity contribution in [1.29, 1.82) is 0 Å². The van der Waals surface area contributed by atoms with Crippen molar-refractivity contribution in [1.82, 2.24) is 15.1 Å². The summed E-state index contributed by atoms with van der Waals surface area (Å²) in [6.45, 7) is 6.53. The number of carbonyl (C=O) groups is 1. The summed E-state index contributed by atoms with van der Waals surface area (Å²) in [5, 5.41) is 7.29. The van der Waals surface area contributed by atoms with Crippen LogP contribution in [0, 0.1) is 5.92 Å². The van der Waals surface area contributed by atoms with E-state index in [1.807, 2.05) is 49.8 Å². The van der Waals surface area contributed by atoms with Crippen molar-refractivity contribution < 1.29 is 4.79 Å². The Labute approximate surface area is 143 Å². The molecule has 23 heavy (non-hydrogen) atoms. The highest BCUT2D eigenvalue weighted by Gasteiger charge is 2.20. The molecule has 1 aromatic heterocycles. The fourth-order valence-electron chi connectivity index (χ4n) is 2.16. The number of hydrogen-bond donors (Lipinski definition) is 2. The summed E-state index contributed by atoms with van der Waals surface area (Å²) >= 11 is 0. The zero-order valence-corrected chi connectivity index (χ0v) is 14.6. The van der Waals surface area contributed by atoms with Crippen molar-refractivity contribution in [2.75, 3.05) is 0 Å². The van der Waals surface area contributed by atoms with Crippen molar-refractivity contribution in [2.24, 2.45) is 11.7 Å². The van der Waals surface area contributed by atoms with Crippen molar-refractivity contribution in [3.8, 4) is 0 Å². The van der Waals surface area contributed by atoms with E-state index in [1.54, 1.807) is 6.20 Å². The predicted octanol–water partition coefficient (Wildman–Crippen LogP) is 2.51. The van der Waals surface area contributed by atoms with E-state index in [0.717, 1.165) is 5.56 Å². The lowest BCUT2D eigenvalue weighted by molar-refractivity contribution is -0.123. The van der Waals surface area contributed by atoms with Gasteiger partial charge in [-0.1, -0.05) is 44.2 Å². The number of hydrogen-bond acceptors (Lipinski definition) is 3. The SMILES string of the molecule is CC(NC(=O)[C@@H](N)C(C)C)c1cnn(Cc2ccccc2)c1.Cl. The number of carbonyl (C=O) groups excluding carboxylic acids is 1. The second-order valence-corrected chi connectivity index (χ2v) is 5.96. The molecule has 1 amide bonds. The molecule has 0 aliphatic heterocycles. The quantitative estimate of drug-likeness (QED) is 0.851. The summed E-state index contributed by atoms with van der Waals surface area (Å²) in [6.07, 6.45) is 3.74. The molecule has 1 unspecified atom stereocenters. The van der Waals surface area contributed by atoms with Gasteiger partial charge in [0.1, 0.15) is 0 Å². The summed E-state index contributed by atoms with van der Waals surface area (Å²) in [7, 11) is 0. The second-order valence-electron chi connectivity index (χ2n) is 5.96. The number of nitrogens with two attached hydrogens (primary N) is 1. The lowest BCUT2D eigenvalue weighted by Crippen LogP contribution is -2.44. The van der Waals surface area contributed by atoms with Crippen LogP contribution in [0.4, 0.5) is 0 Å². The maximum atomic E-state index is 12.0. The summed E-state index contributed by atoms with van der Waals surface area (Å²) in [4.78, 5) is 12.0. The minimum absolute atomic E-state index is 0. The first-order chi connectivity index (χ1) is 10.5. The molecule has 0 radical (unpaired) electrons. The highest BCUT2D eigenvalue weighted by atomic mass is 35.5. The Hall–Kier alpha value is -1.85. The van der Waals surface area contributed by atoms with E-state index in [1.165, 1.54) is 5.56 Å². The molecular weight excluding hydrogens is 312 g/mol. The number of rotatable bonds is 6. The van der Waals surface area contributed by atoms with Crippen LogP contribution in [0.2, 0.25) is 0 Å². The highest BCUT2D eigenvalue weighted by molar-refractivity contribution is 5.85. The molecule has 0 fully saturated rings. The maximum absolute atomic E-state index is 12.0. The Balaban J connectivity index is 0.00000264. The molecule has 3 N–H and O–H groups in total. The Morgan fingerprint density at radius 2 is 1.91 bits per heavy atom. The molecule has 0 spiro atoms. The first-order valence-corrected chi connectivity index (χ1v) is 7.59. The van der Waals surface area contributed by atoms with Crippen molar-refractivity contribution >= 4 is 18.3 Å². The van der Waals surface area contributed by atoms with Gasteiger partial charge in [0, 0.05) is 11.8 Å². The zero-order valence-electron chi connectivity index (χ0n) is 13.8. The normalized spacial score (nSPS) is 13.3. The summed E-state index contributed by atoms with van der Waals surface area (Å²) in [6, 6.07) is 9.55. The van der Waals surface area contributed by atoms with E-state index >= 15 is 0 Å².